The summed E-state index contributed by atoms with van der Waals surface area (Å²) < 4.78 is 13.9. The van der Waals surface area contributed by atoms with Crippen molar-refractivity contribution < 1.29 is 14.0 Å². The normalized spacial score (nSPS) is 21.7. The van der Waals surface area contributed by atoms with E-state index < -0.39 is 0 Å². The zero-order valence-electron chi connectivity index (χ0n) is 18.4. The van der Waals surface area contributed by atoms with Gasteiger partial charge in [0.05, 0.1) is 12.0 Å². The van der Waals surface area contributed by atoms with Gasteiger partial charge in [0.1, 0.15) is 5.82 Å². The molecule has 32 heavy (non-hydrogen) atoms. The third-order valence-corrected chi connectivity index (χ3v) is 6.74. The maximum atomic E-state index is 13.9. The number of benzene rings is 2. The van der Waals surface area contributed by atoms with E-state index in [1.807, 2.05) is 35.2 Å². The topological polar surface area (TPSA) is 61.4 Å². The number of piperidine rings is 1. The summed E-state index contributed by atoms with van der Waals surface area (Å²) in [5.41, 5.74) is 1.56. The van der Waals surface area contributed by atoms with Crippen LogP contribution in [0, 0.1) is 11.7 Å². The van der Waals surface area contributed by atoms with Crippen LogP contribution in [0.4, 0.5) is 9.18 Å². The molecule has 3 amide bonds. The predicted molar refractivity (Wildman–Crippen MR) is 122 cm³/mol. The Morgan fingerprint density at radius 2 is 1.62 bits per heavy atom. The number of carbonyl (C=O) groups is 2. The second-order valence-electron chi connectivity index (χ2n) is 8.95. The van der Waals surface area contributed by atoms with Crippen LogP contribution in [0.25, 0.3) is 0 Å². The quantitative estimate of drug-likeness (QED) is 0.696. The highest BCUT2D eigenvalue weighted by Gasteiger charge is 2.36. The largest absolute Gasteiger partial charge is 0.352 e. The summed E-state index contributed by atoms with van der Waals surface area (Å²) in [6, 6.07) is 16.6. The van der Waals surface area contributed by atoms with Gasteiger partial charge < -0.3 is 15.5 Å². The Morgan fingerprint density at radius 1 is 0.906 bits per heavy atom. The molecule has 170 valence electrons. The van der Waals surface area contributed by atoms with Gasteiger partial charge in [0.2, 0.25) is 5.91 Å². The molecule has 1 saturated heterocycles. The Labute approximate surface area is 189 Å². The summed E-state index contributed by atoms with van der Waals surface area (Å²) in [6.45, 7) is 0.514. The van der Waals surface area contributed by atoms with Crippen LogP contribution in [0.5, 0.6) is 0 Å². The standard InChI is InChI=1S/C26H32FN3O2/c27-23-14-8-7-11-20(23)17-28-25(31)21-15-16-24(19-9-3-1-4-10-19)30(18-21)26(32)29-22-12-5-2-6-13-22/h1,3-4,7-11,14,21-22,24H,2,5-6,12-13,15-18H2,(H,28,31)(H,29,32). The molecule has 2 fully saturated rings. The monoisotopic (exact) mass is 437 g/mol. The summed E-state index contributed by atoms with van der Waals surface area (Å²) in [5, 5.41) is 6.09. The van der Waals surface area contributed by atoms with Gasteiger partial charge in [-0.2, -0.15) is 0 Å². The van der Waals surface area contributed by atoms with E-state index in [9.17, 15) is 14.0 Å². The Bertz CT molecular complexity index is 914. The van der Waals surface area contributed by atoms with Gasteiger partial charge in [0.15, 0.2) is 0 Å². The van der Waals surface area contributed by atoms with Crippen LogP contribution in [-0.4, -0.2) is 29.4 Å². The summed E-state index contributed by atoms with van der Waals surface area (Å²) in [4.78, 5) is 28.0. The van der Waals surface area contributed by atoms with Crippen molar-refractivity contribution in [3.05, 3.63) is 71.5 Å². The first-order chi connectivity index (χ1) is 15.6. The lowest BCUT2D eigenvalue weighted by atomic mass is 9.88. The van der Waals surface area contributed by atoms with Crippen molar-refractivity contribution in [1.29, 1.82) is 0 Å². The minimum absolute atomic E-state index is 0.0459. The smallest absolute Gasteiger partial charge is 0.318 e. The van der Waals surface area contributed by atoms with E-state index in [1.165, 1.54) is 12.5 Å². The van der Waals surface area contributed by atoms with Crippen LogP contribution >= 0.6 is 0 Å². The van der Waals surface area contributed by atoms with Crippen molar-refractivity contribution in [2.45, 2.75) is 63.6 Å². The van der Waals surface area contributed by atoms with Crippen LogP contribution in [0.1, 0.15) is 62.1 Å². The molecule has 0 bridgehead atoms. The van der Waals surface area contributed by atoms with Crippen molar-refractivity contribution >= 4 is 11.9 Å². The van der Waals surface area contributed by atoms with Crippen LogP contribution in [0.15, 0.2) is 54.6 Å². The fourth-order valence-corrected chi connectivity index (χ4v) is 4.90. The molecule has 2 atom stereocenters. The molecule has 1 aliphatic heterocycles. The van der Waals surface area contributed by atoms with Gasteiger partial charge in [0.25, 0.3) is 0 Å². The Balaban J connectivity index is 1.44. The number of urea groups is 1. The maximum Gasteiger partial charge on any atom is 0.318 e. The number of hydrogen-bond donors (Lipinski definition) is 2. The van der Waals surface area contributed by atoms with Crippen molar-refractivity contribution in [2.75, 3.05) is 6.54 Å². The van der Waals surface area contributed by atoms with E-state index in [0.717, 1.165) is 37.7 Å². The van der Waals surface area contributed by atoms with E-state index in [4.69, 9.17) is 0 Å². The van der Waals surface area contributed by atoms with Crippen LogP contribution < -0.4 is 10.6 Å². The fraction of sp³-hybridized carbons (Fsp3) is 0.462. The molecular formula is C26H32FN3O2. The zero-order valence-corrected chi connectivity index (χ0v) is 18.4. The Hall–Kier alpha value is -2.89. The van der Waals surface area contributed by atoms with E-state index in [1.54, 1.807) is 18.2 Å². The lowest BCUT2D eigenvalue weighted by Crippen LogP contribution is -2.52. The summed E-state index contributed by atoms with van der Waals surface area (Å²) in [6.07, 6.45) is 6.97. The first-order valence-corrected chi connectivity index (χ1v) is 11.7. The van der Waals surface area contributed by atoms with Gasteiger partial charge in [-0.05, 0) is 37.3 Å². The van der Waals surface area contributed by atoms with Crippen molar-refractivity contribution in [1.82, 2.24) is 15.5 Å². The lowest BCUT2D eigenvalue weighted by molar-refractivity contribution is -0.127. The molecule has 2 N–H and O–H groups in total. The molecular weight excluding hydrogens is 405 g/mol. The number of halogens is 1. The average Bonchev–Trinajstić information content (AvgIpc) is 2.84. The molecule has 6 heteroatoms. The van der Waals surface area contributed by atoms with Crippen LogP contribution in [0.3, 0.4) is 0 Å². The number of amides is 3. The molecule has 0 spiro atoms. The van der Waals surface area contributed by atoms with Crippen molar-refractivity contribution in [3.8, 4) is 0 Å². The molecule has 0 radical (unpaired) electrons. The number of rotatable bonds is 5. The molecule has 0 aromatic heterocycles. The zero-order chi connectivity index (χ0) is 22.3. The van der Waals surface area contributed by atoms with Crippen molar-refractivity contribution in [2.24, 2.45) is 5.92 Å². The molecule has 2 aliphatic rings. The molecule has 1 saturated carbocycles. The number of carbonyl (C=O) groups excluding carboxylic acids is 2. The summed E-state index contributed by atoms with van der Waals surface area (Å²) in [5.74, 6) is -0.761. The van der Waals surface area contributed by atoms with E-state index in [0.29, 0.717) is 18.5 Å². The van der Waals surface area contributed by atoms with E-state index >= 15 is 0 Å². The molecule has 2 aromatic carbocycles. The van der Waals surface area contributed by atoms with Gasteiger partial charge in [-0.15, -0.1) is 0 Å². The van der Waals surface area contributed by atoms with Gasteiger partial charge in [0, 0.05) is 24.7 Å². The minimum atomic E-state index is -0.325. The first kappa shape index (κ1) is 22.3. The molecule has 2 unspecified atom stereocenters. The van der Waals surface area contributed by atoms with E-state index in [-0.39, 0.29) is 42.3 Å². The number of likely N-dealkylation sites (tertiary alicyclic amines) is 1. The second-order valence-corrected chi connectivity index (χ2v) is 8.95. The predicted octanol–water partition coefficient (Wildman–Crippen LogP) is 4.94. The van der Waals surface area contributed by atoms with Crippen molar-refractivity contribution in [3.63, 3.8) is 0 Å². The van der Waals surface area contributed by atoms with Crippen LogP contribution in [-0.2, 0) is 11.3 Å². The lowest BCUT2D eigenvalue weighted by Gasteiger charge is -2.40. The van der Waals surface area contributed by atoms with Crippen LogP contribution in [0.2, 0.25) is 0 Å². The highest BCUT2D eigenvalue weighted by atomic mass is 19.1. The maximum absolute atomic E-state index is 13.9. The SMILES string of the molecule is O=C(NCc1ccccc1F)C1CCC(c2ccccc2)N(C(=O)NC2CCCCC2)C1. The van der Waals surface area contributed by atoms with Gasteiger partial charge in [-0.3, -0.25) is 4.79 Å². The fourth-order valence-electron chi connectivity index (χ4n) is 4.90. The third-order valence-electron chi connectivity index (χ3n) is 6.74. The molecule has 1 heterocycles. The molecule has 1 aliphatic carbocycles. The minimum Gasteiger partial charge on any atom is -0.352 e. The second kappa shape index (κ2) is 10.6. The van der Waals surface area contributed by atoms with E-state index in [2.05, 4.69) is 10.6 Å². The summed E-state index contributed by atoms with van der Waals surface area (Å²) in [7, 11) is 0. The Morgan fingerprint density at radius 3 is 2.38 bits per heavy atom. The highest BCUT2D eigenvalue weighted by Crippen LogP contribution is 2.34. The Kier molecular flexibility index (Phi) is 7.40. The number of nitrogens with zero attached hydrogens (tertiary/aromatic N) is 1. The first-order valence-electron chi connectivity index (χ1n) is 11.7. The number of hydrogen-bond acceptors (Lipinski definition) is 2. The van der Waals surface area contributed by atoms with Gasteiger partial charge in [-0.25, -0.2) is 9.18 Å². The molecule has 4 rings (SSSR count). The molecule has 2 aromatic rings. The van der Waals surface area contributed by atoms with Gasteiger partial charge >= 0.3 is 6.03 Å². The summed E-state index contributed by atoms with van der Waals surface area (Å²) >= 11 is 0. The highest BCUT2D eigenvalue weighted by molar-refractivity contribution is 5.81. The third kappa shape index (κ3) is 5.47. The van der Waals surface area contributed by atoms with Gasteiger partial charge in [-0.1, -0.05) is 67.8 Å². The average molecular weight is 438 g/mol. The molecule has 5 nitrogen and oxygen atoms in total. The number of nitrogens with one attached hydrogen (secondary N) is 2.